The number of para-hydroxylation sites is 2. The quantitative estimate of drug-likeness (QED) is 0.365. The van der Waals surface area contributed by atoms with E-state index in [0.717, 1.165) is 15.7 Å². The molecular formula is C26H26Cl3N3O4S. The summed E-state index contributed by atoms with van der Waals surface area (Å²) < 4.78 is 33.8. The first-order valence-corrected chi connectivity index (χ1v) is 14.1. The van der Waals surface area contributed by atoms with Crippen LogP contribution < -0.4 is 9.64 Å². The maximum Gasteiger partial charge on any atom is 0.243 e. The van der Waals surface area contributed by atoms with Gasteiger partial charge in [0.2, 0.25) is 15.9 Å². The van der Waals surface area contributed by atoms with Crippen LogP contribution >= 0.6 is 34.8 Å². The fourth-order valence-corrected chi connectivity index (χ4v) is 6.18. The van der Waals surface area contributed by atoms with E-state index in [1.165, 1.54) is 24.3 Å². The summed E-state index contributed by atoms with van der Waals surface area (Å²) in [6, 6.07) is 18.5. The van der Waals surface area contributed by atoms with E-state index in [2.05, 4.69) is 4.90 Å². The van der Waals surface area contributed by atoms with Gasteiger partial charge in [0, 0.05) is 53.4 Å². The molecule has 0 saturated carbocycles. The first kappa shape index (κ1) is 27.5. The fraction of sp³-hybridized carbons (Fsp3) is 0.269. The molecule has 1 saturated heterocycles. The summed E-state index contributed by atoms with van der Waals surface area (Å²) in [5.41, 5.74) is 1.38. The van der Waals surface area contributed by atoms with Crippen LogP contribution in [-0.4, -0.2) is 63.4 Å². The van der Waals surface area contributed by atoms with E-state index in [9.17, 15) is 13.2 Å². The number of carbonyl (C=O) groups is 1. The largest absolute Gasteiger partial charge is 0.495 e. The van der Waals surface area contributed by atoms with Crippen LogP contribution in [0.1, 0.15) is 5.56 Å². The Morgan fingerprint density at radius 2 is 1.51 bits per heavy atom. The molecule has 0 atom stereocenters. The number of halogens is 3. The van der Waals surface area contributed by atoms with Crippen LogP contribution in [0.4, 0.5) is 5.69 Å². The second-order valence-electron chi connectivity index (χ2n) is 8.47. The highest BCUT2D eigenvalue weighted by Crippen LogP contribution is 2.30. The zero-order chi connectivity index (χ0) is 26.6. The standard InChI is InChI=1S/C26H26Cl3N3O4S/c1-36-25-8-3-2-7-24(25)30-13-15-31(16-14-30)26(33)18-32(17-21-22(28)5-4-6-23(21)29)37(34,35)20-11-9-19(27)10-12-20/h2-12H,13-18H2,1H3. The van der Waals surface area contributed by atoms with Crippen molar-refractivity contribution in [1.29, 1.82) is 0 Å². The number of anilines is 1. The predicted molar refractivity (Wildman–Crippen MR) is 147 cm³/mol. The zero-order valence-corrected chi connectivity index (χ0v) is 23.2. The third kappa shape index (κ3) is 6.33. The van der Waals surface area contributed by atoms with Crippen molar-refractivity contribution in [2.24, 2.45) is 0 Å². The number of ether oxygens (including phenoxy) is 1. The normalized spacial score (nSPS) is 14.2. The van der Waals surface area contributed by atoms with Gasteiger partial charge in [-0.3, -0.25) is 4.79 Å². The van der Waals surface area contributed by atoms with E-state index >= 15 is 0 Å². The minimum Gasteiger partial charge on any atom is -0.495 e. The van der Waals surface area contributed by atoms with Crippen molar-refractivity contribution in [3.05, 3.63) is 87.4 Å². The molecule has 37 heavy (non-hydrogen) atoms. The number of piperazine rings is 1. The summed E-state index contributed by atoms with van der Waals surface area (Å²) in [6.45, 7) is 1.55. The van der Waals surface area contributed by atoms with Gasteiger partial charge in [0.1, 0.15) is 5.75 Å². The van der Waals surface area contributed by atoms with Crippen molar-refractivity contribution in [3.63, 3.8) is 0 Å². The number of rotatable bonds is 8. The molecule has 0 spiro atoms. The molecule has 0 aliphatic carbocycles. The highest BCUT2D eigenvalue weighted by Gasteiger charge is 2.31. The van der Waals surface area contributed by atoms with Gasteiger partial charge in [0.05, 0.1) is 24.2 Å². The van der Waals surface area contributed by atoms with Gasteiger partial charge in [-0.25, -0.2) is 8.42 Å². The monoisotopic (exact) mass is 581 g/mol. The Kier molecular flexibility index (Phi) is 8.87. The molecule has 0 radical (unpaired) electrons. The maximum absolute atomic E-state index is 13.6. The average molecular weight is 583 g/mol. The van der Waals surface area contributed by atoms with Crippen molar-refractivity contribution < 1.29 is 17.9 Å². The van der Waals surface area contributed by atoms with Crippen LogP contribution in [0.5, 0.6) is 5.75 Å². The Hall–Kier alpha value is -2.49. The van der Waals surface area contributed by atoms with Gasteiger partial charge in [-0.2, -0.15) is 4.31 Å². The second kappa shape index (κ2) is 11.9. The van der Waals surface area contributed by atoms with Crippen LogP contribution in [0, 0.1) is 0 Å². The minimum absolute atomic E-state index is 0.0221. The van der Waals surface area contributed by atoms with E-state index in [1.807, 2.05) is 24.3 Å². The summed E-state index contributed by atoms with van der Waals surface area (Å²) in [6.07, 6.45) is 0. The number of amides is 1. The Bertz CT molecular complexity index is 1340. The molecule has 0 aromatic heterocycles. The molecule has 1 fully saturated rings. The summed E-state index contributed by atoms with van der Waals surface area (Å²) >= 11 is 18.6. The van der Waals surface area contributed by atoms with Gasteiger partial charge in [-0.15, -0.1) is 0 Å². The smallest absolute Gasteiger partial charge is 0.243 e. The molecule has 1 amide bonds. The third-order valence-electron chi connectivity index (χ3n) is 6.22. The molecule has 4 rings (SSSR count). The predicted octanol–water partition coefficient (Wildman–Crippen LogP) is 5.20. The Labute approximate surface area is 232 Å². The van der Waals surface area contributed by atoms with Crippen molar-refractivity contribution >= 4 is 56.4 Å². The van der Waals surface area contributed by atoms with Crippen LogP contribution in [0.25, 0.3) is 0 Å². The first-order chi connectivity index (χ1) is 17.7. The Morgan fingerprint density at radius 3 is 2.14 bits per heavy atom. The van der Waals surface area contributed by atoms with Gasteiger partial charge < -0.3 is 14.5 Å². The van der Waals surface area contributed by atoms with Gasteiger partial charge >= 0.3 is 0 Å². The summed E-state index contributed by atoms with van der Waals surface area (Å²) in [4.78, 5) is 17.2. The van der Waals surface area contributed by atoms with Gasteiger partial charge in [-0.1, -0.05) is 53.0 Å². The minimum atomic E-state index is -4.06. The van der Waals surface area contributed by atoms with Gasteiger partial charge in [0.15, 0.2) is 0 Å². The van der Waals surface area contributed by atoms with E-state index in [-0.39, 0.29) is 23.9 Å². The van der Waals surface area contributed by atoms with E-state index in [1.54, 1.807) is 30.2 Å². The topological polar surface area (TPSA) is 70.2 Å². The average Bonchev–Trinajstić information content (AvgIpc) is 2.90. The summed E-state index contributed by atoms with van der Waals surface area (Å²) in [7, 11) is -2.44. The van der Waals surface area contributed by atoms with Crippen molar-refractivity contribution in [1.82, 2.24) is 9.21 Å². The van der Waals surface area contributed by atoms with Crippen LogP contribution in [-0.2, 0) is 21.4 Å². The summed E-state index contributed by atoms with van der Waals surface area (Å²) in [5, 5.41) is 1.05. The number of sulfonamides is 1. The lowest BCUT2D eigenvalue weighted by molar-refractivity contribution is -0.131. The second-order valence-corrected chi connectivity index (χ2v) is 11.7. The van der Waals surface area contributed by atoms with Crippen molar-refractivity contribution in [3.8, 4) is 5.75 Å². The van der Waals surface area contributed by atoms with E-state index < -0.39 is 10.0 Å². The number of hydrogen-bond donors (Lipinski definition) is 0. The van der Waals surface area contributed by atoms with Crippen LogP contribution in [0.3, 0.4) is 0 Å². The highest BCUT2D eigenvalue weighted by molar-refractivity contribution is 7.89. The summed E-state index contributed by atoms with van der Waals surface area (Å²) in [5.74, 6) is 0.458. The molecule has 1 aliphatic rings. The first-order valence-electron chi connectivity index (χ1n) is 11.5. The van der Waals surface area contributed by atoms with Crippen LogP contribution in [0.2, 0.25) is 15.1 Å². The SMILES string of the molecule is COc1ccccc1N1CCN(C(=O)CN(Cc2c(Cl)cccc2Cl)S(=O)(=O)c2ccc(Cl)cc2)CC1. The molecule has 0 unspecified atom stereocenters. The van der Waals surface area contributed by atoms with E-state index in [0.29, 0.717) is 46.8 Å². The van der Waals surface area contributed by atoms with Gasteiger partial charge in [-0.05, 0) is 48.5 Å². The Balaban J connectivity index is 1.54. The fourth-order valence-electron chi connectivity index (χ4n) is 4.18. The lowest BCUT2D eigenvalue weighted by Gasteiger charge is -2.37. The van der Waals surface area contributed by atoms with E-state index in [4.69, 9.17) is 39.5 Å². The van der Waals surface area contributed by atoms with Crippen molar-refractivity contribution in [2.75, 3.05) is 44.7 Å². The molecule has 0 N–H and O–H groups in total. The molecule has 1 heterocycles. The number of methoxy groups -OCH3 is 1. The molecule has 196 valence electrons. The number of carbonyl (C=O) groups excluding carboxylic acids is 1. The number of benzene rings is 3. The Morgan fingerprint density at radius 1 is 0.892 bits per heavy atom. The molecule has 1 aliphatic heterocycles. The van der Waals surface area contributed by atoms with Gasteiger partial charge in [0.25, 0.3) is 0 Å². The molecule has 3 aromatic carbocycles. The molecule has 7 nitrogen and oxygen atoms in total. The highest BCUT2D eigenvalue weighted by atomic mass is 35.5. The van der Waals surface area contributed by atoms with Crippen LogP contribution in [0.15, 0.2) is 71.6 Å². The molecule has 3 aromatic rings. The molecular weight excluding hydrogens is 557 g/mol. The lowest BCUT2D eigenvalue weighted by atomic mass is 10.2. The maximum atomic E-state index is 13.6. The number of nitrogens with zero attached hydrogens (tertiary/aromatic N) is 3. The number of hydrogen-bond acceptors (Lipinski definition) is 5. The molecule has 0 bridgehead atoms. The lowest BCUT2D eigenvalue weighted by Crippen LogP contribution is -2.51. The molecule has 11 heteroatoms. The third-order valence-corrected chi connectivity index (χ3v) is 8.98. The zero-order valence-electron chi connectivity index (χ0n) is 20.1. The van der Waals surface area contributed by atoms with Crippen molar-refractivity contribution in [2.45, 2.75) is 11.4 Å².